The Hall–Kier alpha value is -0.850. The second-order valence-corrected chi connectivity index (χ2v) is 5.71. The van der Waals surface area contributed by atoms with E-state index >= 15 is 0 Å². The summed E-state index contributed by atoms with van der Waals surface area (Å²) >= 11 is 12.4. The monoisotopic (exact) mass is 410 g/mol. The molecule has 1 aromatic carbocycles. The Morgan fingerprint density at radius 1 is 1.37 bits per heavy atom. The van der Waals surface area contributed by atoms with Gasteiger partial charge in [-0.05, 0) is 35.0 Å². The zero-order chi connectivity index (χ0) is 14.6. The minimum absolute atomic E-state index is 0.168. The molecule has 0 amide bonds. The third-order valence-electron chi connectivity index (χ3n) is 1.85. The van der Waals surface area contributed by atoms with E-state index in [1.807, 2.05) is 0 Å². The zero-order valence-electron chi connectivity index (χ0n) is 9.84. The van der Waals surface area contributed by atoms with Crippen molar-refractivity contribution in [3.8, 4) is 5.75 Å². The molecule has 0 aliphatic rings. The van der Waals surface area contributed by atoms with Crippen LogP contribution in [0.15, 0.2) is 33.2 Å². The van der Waals surface area contributed by atoms with Gasteiger partial charge in [0, 0.05) is 10.0 Å². The van der Waals surface area contributed by atoms with Gasteiger partial charge < -0.3 is 9.47 Å². The minimum Gasteiger partial charge on any atom is -0.450 e. The first kappa shape index (κ1) is 16.2. The van der Waals surface area contributed by atoms with Crippen LogP contribution in [-0.2, 0) is 14.3 Å². The van der Waals surface area contributed by atoms with Gasteiger partial charge in [-0.2, -0.15) is 0 Å². The molecule has 0 radical (unpaired) electrons. The molecule has 0 spiro atoms. The quantitative estimate of drug-likeness (QED) is 0.428. The van der Waals surface area contributed by atoms with Gasteiger partial charge in [0.05, 0.1) is 9.50 Å². The molecule has 0 saturated heterocycles. The number of halogens is 3. The van der Waals surface area contributed by atoms with Crippen LogP contribution in [-0.4, -0.2) is 18.5 Å². The Kier molecular flexibility index (Phi) is 6.03. The molecule has 4 nitrogen and oxygen atoms in total. The number of hydrogen-bond acceptors (Lipinski definition) is 4. The highest BCUT2D eigenvalue weighted by atomic mass is 79.9. The van der Waals surface area contributed by atoms with Crippen LogP contribution in [0.2, 0.25) is 5.02 Å². The van der Waals surface area contributed by atoms with Crippen molar-refractivity contribution in [2.45, 2.75) is 6.92 Å². The van der Waals surface area contributed by atoms with E-state index < -0.39 is 18.5 Å². The minimum atomic E-state index is -0.737. The fraction of sp³-hybridized carbons (Fsp3) is 0.167. The van der Waals surface area contributed by atoms with Crippen molar-refractivity contribution in [2.24, 2.45) is 0 Å². The number of ether oxygens (including phenoxy) is 2. The maximum Gasteiger partial charge on any atom is 0.349 e. The van der Waals surface area contributed by atoms with Gasteiger partial charge in [0.1, 0.15) is 0 Å². The summed E-state index contributed by atoms with van der Waals surface area (Å²) in [5.74, 6) is -1.22. The molecule has 0 aliphatic heterocycles. The number of benzene rings is 1. The Morgan fingerprint density at radius 3 is 2.53 bits per heavy atom. The molecule has 0 heterocycles. The lowest BCUT2D eigenvalue weighted by Gasteiger charge is -2.09. The molecule has 0 bridgehead atoms. The molecule has 0 N–H and O–H groups in total. The summed E-state index contributed by atoms with van der Waals surface area (Å²) in [6.07, 6.45) is 0. The van der Waals surface area contributed by atoms with Crippen molar-refractivity contribution in [3.05, 3.63) is 38.3 Å². The second-order valence-electron chi connectivity index (χ2n) is 3.53. The van der Waals surface area contributed by atoms with E-state index in [-0.39, 0.29) is 16.3 Å². The van der Waals surface area contributed by atoms with E-state index in [0.717, 1.165) is 4.47 Å². The molecule has 7 heteroatoms. The van der Waals surface area contributed by atoms with E-state index in [1.54, 1.807) is 12.1 Å². The van der Waals surface area contributed by atoms with Crippen molar-refractivity contribution < 1.29 is 19.1 Å². The molecule has 102 valence electrons. The van der Waals surface area contributed by atoms with Crippen molar-refractivity contribution >= 4 is 55.4 Å². The highest BCUT2D eigenvalue weighted by molar-refractivity contribution is 9.11. The zero-order valence-corrected chi connectivity index (χ0v) is 13.8. The molecule has 0 fully saturated rings. The second kappa shape index (κ2) is 7.07. The summed E-state index contributed by atoms with van der Waals surface area (Å²) in [4.78, 5) is 22.6. The van der Waals surface area contributed by atoms with Crippen molar-refractivity contribution in [1.29, 1.82) is 0 Å². The van der Waals surface area contributed by atoms with Gasteiger partial charge in [0.15, 0.2) is 12.4 Å². The summed E-state index contributed by atoms with van der Waals surface area (Å²) in [5.41, 5.74) is 0.204. The van der Waals surface area contributed by atoms with Crippen LogP contribution in [0, 0.1) is 0 Å². The van der Waals surface area contributed by atoms with E-state index in [9.17, 15) is 9.59 Å². The van der Waals surface area contributed by atoms with Crippen LogP contribution in [0.1, 0.15) is 6.92 Å². The molecule has 19 heavy (non-hydrogen) atoms. The van der Waals surface area contributed by atoms with Crippen molar-refractivity contribution in [3.63, 3.8) is 0 Å². The molecular weight excluding hydrogens is 403 g/mol. The van der Waals surface area contributed by atoms with Gasteiger partial charge in [-0.15, -0.1) is 0 Å². The maximum atomic E-state index is 11.5. The summed E-state index contributed by atoms with van der Waals surface area (Å²) in [7, 11) is 0. The average molecular weight is 412 g/mol. The predicted molar refractivity (Wildman–Crippen MR) is 78.3 cm³/mol. The van der Waals surface area contributed by atoms with E-state index in [2.05, 4.69) is 43.2 Å². The Balaban J connectivity index is 2.68. The molecular formula is C12H9Br2ClO4. The van der Waals surface area contributed by atoms with Crippen molar-refractivity contribution in [2.75, 3.05) is 6.61 Å². The first-order chi connectivity index (χ1) is 8.81. The number of carbonyl (C=O) groups excluding carboxylic acids is 2. The van der Waals surface area contributed by atoms with Gasteiger partial charge in [-0.25, -0.2) is 9.59 Å². The Morgan fingerprint density at radius 2 is 2.00 bits per heavy atom. The van der Waals surface area contributed by atoms with Crippen LogP contribution in [0.4, 0.5) is 0 Å². The third-order valence-corrected chi connectivity index (χ3v) is 3.18. The Labute approximate surface area is 132 Å². The molecule has 1 aromatic rings. The number of hydrogen-bond donors (Lipinski definition) is 0. The van der Waals surface area contributed by atoms with Crippen LogP contribution in [0.5, 0.6) is 5.75 Å². The van der Waals surface area contributed by atoms with E-state index in [1.165, 1.54) is 6.92 Å². The molecule has 0 atom stereocenters. The van der Waals surface area contributed by atoms with Gasteiger partial charge >= 0.3 is 11.9 Å². The SMILES string of the molecule is C=C(C)C(=O)OCC(=O)Oc1c(Cl)cc(Br)cc1Br. The number of esters is 2. The van der Waals surface area contributed by atoms with Gasteiger partial charge in [-0.1, -0.05) is 34.1 Å². The van der Waals surface area contributed by atoms with E-state index in [4.69, 9.17) is 16.3 Å². The first-order valence-electron chi connectivity index (χ1n) is 4.99. The average Bonchev–Trinajstić information content (AvgIpc) is 2.30. The van der Waals surface area contributed by atoms with Gasteiger partial charge in [0.2, 0.25) is 0 Å². The maximum absolute atomic E-state index is 11.5. The highest BCUT2D eigenvalue weighted by Gasteiger charge is 2.15. The molecule has 0 aliphatic carbocycles. The normalized spacial score (nSPS) is 9.89. The first-order valence-corrected chi connectivity index (χ1v) is 6.95. The topological polar surface area (TPSA) is 52.6 Å². The molecule has 0 unspecified atom stereocenters. The van der Waals surface area contributed by atoms with Crippen LogP contribution < -0.4 is 4.74 Å². The van der Waals surface area contributed by atoms with Gasteiger partial charge in [0.25, 0.3) is 0 Å². The number of carbonyl (C=O) groups is 2. The van der Waals surface area contributed by atoms with Crippen molar-refractivity contribution in [1.82, 2.24) is 0 Å². The summed E-state index contributed by atoms with van der Waals surface area (Å²) < 4.78 is 10.9. The predicted octanol–water partition coefficient (Wildman–Crippen LogP) is 3.89. The lowest BCUT2D eigenvalue weighted by atomic mass is 10.3. The van der Waals surface area contributed by atoms with Crippen LogP contribution >= 0.6 is 43.5 Å². The lowest BCUT2D eigenvalue weighted by Crippen LogP contribution is -2.19. The molecule has 0 saturated carbocycles. The van der Waals surface area contributed by atoms with E-state index in [0.29, 0.717) is 4.47 Å². The third kappa shape index (κ3) is 4.97. The molecule has 1 rings (SSSR count). The van der Waals surface area contributed by atoms with Crippen LogP contribution in [0.3, 0.4) is 0 Å². The summed E-state index contributed by atoms with van der Waals surface area (Å²) in [6.45, 7) is 4.37. The largest absolute Gasteiger partial charge is 0.450 e. The standard InChI is InChI=1S/C12H9Br2ClO4/c1-6(2)12(17)18-5-10(16)19-11-8(14)3-7(13)4-9(11)15/h3-4H,1,5H2,2H3. The smallest absolute Gasteiger partial charge is 0.349 e. The Bertz CT molecular complexity index is 520. The lowest BCUT2D eigenvalue weighted by molar-refractivity contribution is -0.150. The van der Waals surface area contributed by atoms with Gasteiger partial charge in [-0.3, -0.25) is 0 Å². The number of rotatable bonds is 4. The summed E-state index contributed by atoms with van der Waals surface area (Å²) in [6, 6.07) is 3.25. The van der Waals surface area contributed by atoms with Crippen LogP contribution in [0.25, 0.3) is 0 Å². The fourth-order valence-corrected chi connectivity index (χ4v) is 2.83. The highest BCUT2D eigenvalue weighted by Crippen LogP contribution is 2.36. The summed E-state index contributed by atoms with van der Waals surface area (Å²) in [5, 5.41) is 0.251. The molecule has 0 aromatic heterocycles. The fourth-order valence-electron chi connectivity index (χ4n) is 1.02.